The zero-order chi connectivity index (χ0) is 21.2. The number of aliphatic hydroxyl groups is 1. The SMILES string of the molecule is CSCc1cc(N2CCOCC2)nc(-c2ccc(NC(=O)CNCCCO)cc2)n1. The maximum Gasteiger partial charge on any atom is 0.238 e. The standard InChI is InChI=1S/C21H29N5O3S/c1-30-15-18-13-19(26-8-11-29-12-9-26)25-21(24-18)16-3-5-17(6-4-16)23-20(28)14-22-7-2-10-27/h3-6,13,22,27H,2,7-12,14-15H2,1H3,(H,23,28). The fourth-order valence-corrected chi connectivity index (χ4v) is 3.55. The monoisotopic (exact) mass is 431 g/mol. The quantitative estimate of drug-likeness (QED) is 0.490. The maximum atomic E-state index is 12.0. The van der Waals surface area contributed by atoms with Crippen molar-refractivity contribution in [2.24, 2.45) is 0 Å². The Hall–Kier alpha value is -2.20. The van der Waals surface area contributed by atoms with Gasteiger partial charge in [-0.3, -0.25) is 4.79 Å². The van der Waals surface area contributed by atoms with Crippen molar-refractivity contribution >= 4 is 29.2 Å². The fourth-order valence-electron chi connectivity index (χ4n) is 3.10. The Morgan fingerprint density at radius 2 is 2.00 bits per heavy atom. The van der Waals surface area contributed by atoms with Gasteiger partial charge in [-0.2, -0.15) is 11.8 Å². The molecule has 162 valence electrons. The third-order valence-corrected chi connectivity index (χ3v) is 5.20. The summed E-state index contributed by atoms with van der Waals surface area (Å²) in [7, 11) is 0. The minimum Gasteiger partial charge on any atom is -0.396 e. The molecule has 3 rings (SSSR count). The number of carbonyl (C=O) groups is 1. The lowest BCUT2D eigenvalue weighted by atomic mass is 10.2. The van der Waals surface area contributed by atoms with Crippen LogP contribution in [0.15, 0.2) is 30.3 Å². The normalized spacial score (nSPS) is 14.0. The van der Waals surface area contributed by atoms with Crippen LogP contribution in [0.25, 0.3) is 11.4 Å². The maximum absolute atomic E-state index is 12.0. The predicted octanol–water partition coefficient (Wildman–Crippen LogP) is 1.75. The number of nitrogens with one attached hydrogen (secondary N) is 2. The van der Waals surface area contributed by atoms with Crippen LogP contribution in [0.3, 0.4) is 0 Å². The summed E-state index contributed by atoms with van der Waals surface area (Å²) in [4.78, 5) is 23.7. The van der Waals surface area contributed by atoms with Gasteiger partial charge in [-0.05, 0) is 43.5 Å². The van der Waals surface area contributed by atoms with Crippen molar-refractivity contribution in [3.8, 4) is 11.4 Å². The van der Waals surface area contributed by atoms with Crippen LogP contribution in [-0.2, 0) is 15.3 Å². The summed E-state index contributed by atoms with van der Waals surface area (Å²) in [5.74, 6) is 2.32. The highest BCUT2D eigenvalue weighted by Crippen LogP contribution is 2.24. The first kappa shape index (κ1) is 22.5. The van der Waals surface area contributed by atoms with Crippen molar-refractivity contribution in [1.29, 1.82) is 0 Å². The van der Waals surface area contributed by atoms with E-state index in [0.717, 1.165) is 41.6 Å². The molecule has 0 unspecified atom stereocenters. The molecular formula is C21H29N5O3S. The van der Waals surface area contributed by atoms with E-state index in [0.29, 0.717) is 32.0 Å². The molecule has 30 heavy (non-hydrogen) atoms. The van der Waals surface area contributed by atoms with Gasteiger partial charge < -0.3 is 25.4 Å². The highest BCUT2D eigenvalue weighted by atomic mass is 32.2. The van der Waals surface area contributed by atoms with Crippen molar-refractivity contribution in [3.63, 3.8) is 0 Å². The molecule has 0 spiro atoms. The van der Waals surface area contributed by atoms with Gasteiger partial charge >= 0.3 is 0 Å². The van der Waals surface area contributed by atoms with E-state index < -0.39 is 0 Å². The summed E-state index contributed by atoms with van der Waals surface area (Å²) >= 11 is 1.73. The summed E-state index contributed by atoms with van der Waals surface area (Å²) in [6.07, 6.45) is 2.69. The van der Waals surface area contributed by atoms with E-state index in [9.17, 15) is 4.79 Å². The molecule has 0 atom stereocenters. The average Bonchev–Trinajstić information content (AvgIpc) is 2.78. The highest BCUT2D eigenvalue weighted by molar-refractivity contribution is 7.97. The summed E-state index contributed by atoms with van der Waals surface area (Å²) in [5.41, 5.74) is 2.63. The number of aromatic nitrogens is 2. The molecule has 1 saturated heterocycles. The number of thioether (sulfide) groups is 1. The van der Waals surface area contributed by atoms with Gasteiger partial charge in [0.1, 0.15) is 5.82 Å². The van der Waals surface area contributed by atoms with Crippen LogP contribution in [-0.4, -0.2) is 73.2 Å². The number of ether oxygens (including phenoxy) is 1. The van der Waals surface area contributed by atoms with Gasteiger partial charge in [0.15, 0.2) is 5.82 Å². The lowest BCUT2D eigenvalue weighted by Gasteiger charge is -2.28. The number of aliphatic hydroxyl groups excluding tert-OH is 1. The molecule has 0 aliphatic carbocycles. The van der Waals surface area contributed by atoms with Crippen LogP contribution in [0.2, 0.25) is 0 Å². The van der Waals surface area contributed by atoms with Gasteiger partial charge in [0, 0.05) is 42.8 Å². The van der Waals surface area contributed by atoms with Gasteiger partial charge in [0.05, 0.1) is 25.5 Å². The summed E-state index contributed by atoms with van der Waals surface area (Å²) in [5, 5.41) is 14.6. The second-order valence-electron chi connectivity index (χ2n) is 6.95. The van der Waals surface area contributed by atoms with Crippen molar-refractivity contribution in [2.45, 2.75) is 12.2 Å². The van der Waals surface area contributed by atoms with Crippen molar-refractivity contribution in [3.05, 3.63) is 36.0 Å². The van der Waals surface area contributed by atoms with Gasteiger partial charge in [-0.15, -0.1) is 0 Å². The Bertz CT molecular complexity index is 813. The Morgan fingerprint density at radius 1 is 1.23 bits per heavy atom. The van der Waals surface area contributed by atoms with Crippen LogP contribution in [0, 0.1) is 0 Å². The minimum absolute atomic E-state index is 0.115. The van der Waals surface area contributed by atoms with Gasteiger partial charge in [-0.1, -0.05) is 0 Å². The molecule has 3 N–H and O–H groups in total. The van der Waals surface area contributed by atoms with Crippen molar-refractivity contribution in [2.75, 3.05) is 62.5 Å². The number of nitrogens with zero attached hydrogens (tertiary/aromatic N) is 3. The number of benzene rings is 1. The number of hydrogen-bond donors (Lipinski definition) is 3. The Balaban J connectivity index is 1.70. The second-order valence-corrected chi connectivity index (χ2v) is 7.82. The summed E-state index contributed by atoms with van der Waals surface area (Å²) in [6.45, 7) is 4.01. The molecule has 0 saturated carbocycles. The first-order valence-electron chi connectivity index (χ1n) is 10.1. The predicted molar refractivity (Wildman–Crippen MR) is 121 cm³/mol. The summed E-state index contributed by atoms with van der Waals surface area (Å²) < 4.78 is 5.46. The smallest absolute Gasteiger partial charge is 0.238 e. The third-order valence-electron chi connectivity index (χ3n) is 4.62. The minimum atomic E-state index is -0.117. The van der Waals surface area contributed by atoms with Gasteiger partial charge in [0.2, 0.25) is 5.91 Å². The number of morpholine rings is 1. The molecule has 1 amide bonds. The Morgan fingerprint density at radius 3 is 2.70 bits per heavy atom. The zero-order valence-corrected chi connectivity index (χ0v) is 18.1. The average molecular weight is 432 g/mol. The fraction of sp³-hybridized carbons (Fsp3) is 0.476. The lowest BCUT2D eigenvalue weighted by Crippen LogP contribution is -2.37. The number of rotatable bonds is 10. The van der Waals surface area contributed by atoms with Crippen molar-refractivity contribution < 1.29 is 14.6 Å². The molecule has 8 nitrogen and oxygen atoms in total. The zero-order valence-electron chi connectivity index (χ0n) is 17.3. The topological polar surface area (TPSA) is 99.6 Å². The molecule has 1 aliphatic rings. The van der Waals surface area contributed by atoms with Gasteiger partial charge in [0.25, 0.3) is 0 Å². The lowest BCUT2D eigenvalue weighted by molar-refractivity contribution is -0.115. The van der Waals surface area contributed by atoms with E-state index in [-0.39, 0.29) is 19.1 Å². The van der Waals surface area contributed by atoms with E-state index in [1.807, 2.05) is 24.3 Å². The van der Waals surface area contributed by atoms with Crippen LogP contribution in [0.4, 0.5) is 11.5 Å². The van der Waals surface area contributed by atoms with Crippen LogP contribution in [0.5, 0.6) is 0 Å². The van der Waals surface area contributed by atoms with E-state index >= 15 is 0 Å². The summed E-state index contributed by atoms with van der Waals surface area (Å²) in [6, 6.07) is 9.63. The van der Waals surface area contributed by atoms with Gasteiger partial charge in [-0.25, -0.2) is 9.97 Å². The van der Waals surface area contributed by atoms with Crippen LogP contribution in [0.1, 0.15) is 12.1 Å². The van der Waals surface area contributed by atoms with Crippen molar-refractivity contribution in [1.82, 2.24) is 15.3 Å². The third kappa shape index (κ3) is 6.66. The Labute approximate surface area is 181 Å². The molecule has 1 aliphatic heterocycles. The first-order valence-corrected chi connectivity index (χ1v) is 11.5. The molecular weight excluding hydrogens is 402 g/mol. The molecule has 1 fully saturated rings. The molecule has 1 aromatic carbocycles. The molecule has 1 aromatic heterocycles. The molecule has 9 heteroatoms. The first-order chi connectivity index (χ1) is 14.7. The highest BCUT2D eigenvalue weighted by Gasteiger charge is 2.16. The Kier molecular flexibility index (Phi) is 8.88. The number of carbonyl (C=O) groups excluding carboxylic acids is 1. The molecule has 2 aromatic rings. The number of amides is 1. The van der Waals surface area contributed by atoms with E-state index in [1.54, 1.807) is 11.8 Å². The van der Waals surface area contributed by atoms with Crippen LogP contribution < -0.4 is 15.5 Å². The molecule has 0 radical (unpaired) electrons. The van der Waals surface area contributed by atoms with Crippen LogP contribution >= 0.6 is 11.8 Å². The van der Waals surface area contributed by atoms with E-state index in [4.69, 9.17) is 19.8 Å². The largest absolute Gasteiger partial charge is 0.396 e. The number of hydrogen-bond acceptors (Lipinski definition) is 8. The van der Waals surface area contributed by atoms with E-state index in [1.165, 1.54) is 0 Å². The molecule has 0 bridgehead atoms. The van der Waals surface area contributed by atoms with E-state index in [2.05, 4.69) is 27.9 Å². The second kappa shape index (κ2) is 11.8. The molecule has 2 heterocycles. The number of anilines is 2.